The van der Waals surface area contributed by atoms with Crippen molar-refractivity contribution in [3.05, 3.63) is 48.2 Å². The molecule has 0 fully saturated rings. The van der Waals surface area contributed by atoms with Crippen molar-refractivity contribution in [3.8, 4) is 11.3 Å². The fourth-order valence-corrected chi connectivity index (χ4v) is 2.10. The fraction of sp³-hybridized carbons (Fsp3) is 0.188. The van der Waals surface area contributed by atoms with Crippen molar-refractivity contribution in [3.63, 3.8) is 0 Å². The highest BCUT2D eigenvalue weighted by molar-refractivity contribution is 5.83. The number of nitrogens with zero attached hydrogens (tertiary/aromatic N) is 2. The highest BCUT2D eigenvalue weighted by Gasteiger charge is 2.07. The summed E-state index contributed by atoms with van der Waals surface area (Å²) < 4.78 is 5.86. The molecule has 3 nitrogen and oxygen atoms in total. The normalized spacial score (nSPS) is 10.9. The monoisotopic (exact) mass is 252 g/mol. The van der Waals surface area contributed by atoms with E-state index in [0.717, 1.165) is 28.1 Å². The molecule has 0 unspecified atom stereocenters. The Morgan fingerprint density at radius 3 is 2.58 bits per heavy atom. The lowest BCUT2D eigenvalue weighted by molar-refractivity contribution is 0.631. The number of hydrogen-bond donors (Lipinski definition) is 0. The summed E-state index contributed by atoms with van der Waals surface area (Å²) in [6.45, 7) is 2.08. The van der Waals surface area contributed by atoms with Crippen molar-refractivity contribution in [2.24, 2.45) is 0 Å². The fourth-order valence-electron chi connectivity index (χ4n) is 2.10. The zero-order chi connectivity index (χ0) is 13.4. The molecule has 0 N–H and O–H groups in total. The van der Waals surface area contributed by atoms with Gasteiger partial charge in [0.2, 0.25) is 0 Å². The lowest BCUT2D eigenvalue weighted by Gasteiger charge is -2.10. The molecule has 0 aliphatic heterocycles. The molecule has 0 saturated heterocycles. The Balaban J connectivity index is 2.03. The van der Waals surface area contributed by atoms with Crippen LogP contribution in [-0.2, 0) is 0 Å². The second-order valence-corrected chi connectivity index (χ2v) is 4.95. The summed E-state index contributed by atoms with van der Waals surface area (Å²) in [4.78, 5) is 6.39. The van der Waals surface area contributed by atoms with Gasteiger partial charge in [0.25, 0.3) is 0 Å². The smallest absolute Gasteiger partial charge is 0.136 e. The van der Waals surface area contributed by atoms with E-state index in [2.05, 4.69) is 30.1 Å². The Morgan fingerprint density at radius 2 is 1.89 bits per heavy atom. The van der Waals surface area contributed by atoms with Crippen LogP contribution in [0.25, 0.3) is 22.3 Å². The number of hydrogen-bond acceptors (Lipinski definition) is 3. The van der Waals surface area contributed by atoms with E-state index in [1.165, 1.54) is 5.56 Å². The van der Waals surface area contributed by atoms with Gasteiger partial charge in [0, 0.05) is 31.2 Å². The van der Waals surface area contributed by atoms with Crippen molar-refractivity contribution in [2.75, 3.05) is 19.0 Å². The van der Waals surface area contributed by atoms with Gasteiger partial charge in [0.1, 0.15) is 17.2 Å². The highest BCUT2D eigenvalue weighted by Crippen LogP contribution is 2.28. The second kappa shape index (κ2) is 4.43. The number of furan rings is 1. The molecule has 0 bridgehead atoms. The molecule has 0 amide bonds. The standard InChI is InChI=1S/C16H16N2O/c1-11-4-6-14-13(8-11)9-15(19-14)12-5-7-16(17-10-12)18(2)3/h4-10H,1-3H3. The van der Waals surface area contributed by atoms with E-state index < -0.39 is 0 Å². The molecule has 3 heteroatoms. The quantitative estimate of drug-likeness (QED) is 0.693. The zero-order valence-electron chi connectivity index (χ0n) is 11.3. The first-order valence-electron chi connectivity index (χ1n) is 6.27. The Hall–Kier alpha value is -2.29. The van der Waals surface area contributed by atoms with Crippen LogP contribution in [0, 0.1) is 6.92 Å². The number of rotatable bonds is 2. The predicted molar refractivity (Wildman–Crippen MR) is 78.5 cm³/mol. The predicted octanol–water partition coefficient (Wildman–Crippen LogP) is 3.87. The summed E-state index contributed by atoms with van der Waals surface area (Å²) in [7, 11) is 3.96. The van der Waals surface area contributed by atoms with Gasteiger partial charge in [-0.3, -0.25) is 0 Å². The minimum Gasteiger partial charge on any atom is -0.456 e. The van der Waals surface area contributed by atoms with Gasteiger partial charge in [-0.1, -0.05) is 11.6 Å². The van der Waals surface area contributed by atoms with E-state index in [-0.39, 0.29) is 0 Å². The Morgan fingerprint density at radius 1 is 1.05 bits per heavy atom. The van der Waals surface area contributed by atoms with Gasteiger partial charge in [0.05, 0.1) is 0 Å². The lowest BCUT2D eigenvalue weighted by Crippen LogP contribution is -2.09. The van der Waals surface area contributed by atoms with Gasteiger partial charge >= 0.3 is 0 Å². The summed E-state index contributed by atoms with van der Waals surface area (Å²) in [6.07, 6.45) is 1.85. The summed E-state index contributed by atoms with van der Waals surface area (Å²) in [5.74, 6) is 1.80. The number of fused-ring (bicyclic) bond motifs is 1. The van der Waals surface area contributed by atoms with Crippen molar-refractivity contribution in [1.29, 1.82) is 0 Å². The molecule has 1 aromatic carbocycles. The topological polar surface area (TPSA) is 29.3 Å². The van der Waals surface area contributed by atoms with Crippen LogP contribution in [0.1, 0.15) is 5.56 Å². The van der Waals surface area contributed by atoms with Crippen molar-refractivity contribution < 1.29 is 4.42 Å². The van der Waals surface area contributed by atoms with Crippen molar-refractivity contribution >= 4 is 16.8 Å². The van der Waals surface area contributed by atoms with Gasteiger partial charge in [-0.2, -0.15) is 0 Å². The number of benzene rings is 1. The molecule has 0 radical (unpaired) electrons. The Kier molecular flexibility index (Phi) is 2.75. The number of aryl methyl sites for hydroxylation is 1. The molecule has 2 aromatic heterocycles. The van der Waals surface area contributed by atoms with Gasteiger partial charge in [-0.05, 0) is 37.3 Å². The first kappa shape index (κ1) is 11.8. The Labute approximate surface area is 112 Å². The van der Waals surface area contributed by atoms with E-state index in [9.17, 15) is 0 Å². The van der Waals surface area contributed by atoms with E-state index >= 15 is 0 Å². The van der Waals surface area contributed by atoms with Gasteiger partial charge in [0.15, 0.2) is 0 Å². The zero-order valence-corrected chi connectivity index (χ0v) is 11.3. The SMILES string of the molecule is Cc1ccc2oc(-c3ccc(N(C)C)nc3)cc2c1. The van der Waals surface area contributed by atoms with Crippen LogP contribution in [0.4, 0.5) is 5.82 Å². The third-order valence-corrected chi connectivity index (χ3v) is 3.16. The molecule has 96 valence electrons. The van der Waals surface area contributed by atoms with Crippen molar-refractivity contribution in [2.45, 2.75) is 6.92 Å². The van der Waals surface area contributed by atoms with Crippen LogP contribution >= 0.6 is 0 Å². The second-order valence-electron chi connectivity index (χ2n) is 4.95. The molecular formula is C16H16N2O. The molecule has 19 heavy (non-hydrogen) atoms. The molecule has 0 aliphatic rings. The van der Waals surface area contributed by atoms with Crippen LogP contribution in [0.5, 0.6) is 0 Å². The van der Waals surface area contributed by atoms with Gasteiger partial charge < -0.3 is 9.32 Å². The molecule has 2 heterocycles. The molecule has 0 aliphatic carbocycles. The molecule has 3 rings (SSSR count). The summed E-state index contributed by atoms with van der Waals surface area (Å²) in [5.41, 5.74) is 3.15. The Bertz CT molecular complexity index is 711. The van der Waals surface area contributed by atoms with Gasteiger partial charge in [-0.15, -0.1) is 0 Å². The van der Waals surface area contributed by atoms with Crippen LogP contribution in [0.15, 0.2) is 47.0 Å². The third-order valence-electron chi connectivity index (χ3n) is 3.16. The van der Waals surface area contributed by atoms with E-state index in [0.29, 0.717) is 0 Å². The number of aromatic nitrogens is 1. The van der Waals surface area contributed by atoms with E-state index in [1.807, 2.05) is 43.4 Å². The van der Waals surface area contributed by atoms with Crippen LogP contribution in [-0.4, -0.2) is 19.1 Å². The summed E-state index contributed by atoms with van der Waals surface area (Å²) in [5, 5.41) is 1.13. The minimum atomic E-state index is 0.860. The average Bonchev–Trinajstić information content (AvgIpc) is 2.81. The molecule has 3 aromatic rings. The molecular weight excluding hydrogens is 236 g/mol. The maximum absolute atomic E-state index is 5.86. The van der Waals surface area contributed by atoms with Gasteiger partial charge in [-0.25, -0.2) is 4.98 Å². The maximum atomic E-state index is 5.86. The number of pyridine rings is 1. The largest absolute Gasteiger partial charge is 0.456 e. The van der Waals surface area contributed by atoms with E-state index in [4.69, 9.17) is 4.42 Å². The summed E-state index contributed by atoms with van der Waals surface area (Å²) >= 11 is 0. The highest BCUT2D eigenvalue weighted by atomic mass is 16.3. The number of anilines is 1. The van der Waals surface area contributed by atoms with Crippen LogP contribution < -0.4 is 4.90 Å². The minimum absolute atomic E-state index is 0.860. The maximum Gasteiger partial charge on any atom is 0.136 e. The lowest BCUT2D eigenvalue weighted by atomic mass is 10.1. The third kappa shape index (κ3) is 2.19. The van der Waals surface area contributed by atoms with Crippen LogP contribution in [0.2, 0.25) is 0 Å². The molecule has 0 spiro atoms. The van der Waals surface area contributed by atoms with Crippen LogP contribution in [0.3, 0.4) is 0 Å². The van der Waals surface area contributed by atoms with E-state index in [1.54, 1.807) is 0 Å². The van der Waals surface area contributed by atoms with Crippen molar-refractivity contribution in [1.82, 2.24) is 4.98 Å². The average molecular weight is 252 g/mol. The summed E-state index contributed by atoms with van der Waals surface area (Å²) in [6, 6.07) is 12.3. The molecule has 0 atom stereocenters. The first-order chi connectivity index (χ1) is 9.13. The molecule has 0 saturated carbocycles. The first-order valence-corrected chi connectivity index (χ1v) is 6.27.